The molecule has 4 nitrogen and oxygen atoms in total. The first-order chi connectivity index (χ1) is 11.4. The number of benzene rings is 2. The molecule has 24 heavy (non-hydrogen) atoms. The summed E-state index contributed by atoms with van der Waals surface area (Å²) in [5, 5.41) is 9.96. The summed E-state index contributed by atoms with van der Waals surface area (Å²) in [7, 11) is 1.63. The van der Waals surface area contributed by atoms with Crippen molar-refractivity contribution in [3.8, 4) is 5.75 Å². The van der Waals surface area contributed by atoms with Crippen molar-refractivity contribution in [2.24, 2.45) is 4.99 Å². The third kappa shape index (κ3) is 5.05. The van der Waals surface area contributed by atoms with E-state index >= 15 is 0 Å². The Kier molecular flexibility index (Phi) is 5.90. The topological polar surface area (TPSA) is 58.4 Å². The van der Waals surface area contributed by atoms with Crippen LogP contribution in [0.3, 0.4) is 0 Å². The van der Waals surface area contributed by atoms with E-state index in [-0.39, 0.29) is 11.2 Å². The molecule has 0 heterocycles. The Morgan fingerprint density at radius 2 is 1.92 bits per heavy atom. The van der Waals surface area contributed by atoms with Gasteiger partial charge in [-0.05, 0) is 34.8 Å². The Labute approximate surface area is 143 Å². The SMILES string of the molecule is CO[NH2+]c1cccc(/C=C/C=Nc2cc(C(C)(C)C)ccc2O)c1. The van der Waals surface area contributed by atoms with Gasteiger partial charge in [-0.15, -0.1) is 0 Å². The van der Waals surface area contributed by atoms with Gasteiger partial charge in [0.05, 0.1) is 7.11 Å². The van der Waals surface area contributed by atoms with Crippen molar-refractivity contribution in [3.05, 3.63) is 59.7 Å². The fourth-order valence-electron chi connectivity index (χ4n) is 2.24. The third-order valence-electron chi connectivity index (χ3n) is 3.59. The maximum Gasteiger partial charge on any atom is 0.162 e. The molecule has 126 valence electrons. The monoisotopic (exact) mass is 325 g/mol. The highest BCUT2D eigenvalue weighted by molar-refractivity contribution is 5.81. The molecular weight excluding hydrogens is 300 g/mol. The van der Waals surface area contributed by atoms with Crippen molar-refractivity contribution < 1.29 is 15.4 Å². The quantitative estimate of drug-likeness (QED) is 0.498. The van der Waals surface area contributed by atoms with Gasteiger partial charge in [-0.2, -0.15) is 5.48 Å². The lowest BCUT2D eigenvalue weighted by Gasteiger charge is -2.19. The highest BCUT2D eigenvalue weighted by atomic mass is 16.6. The number of quaternary nitrogens is 1. The molecule has 3 N–H and O–H groups in total. The van der Waals surface area contributed by atoms with E-state index in [1.807, 2.05) is 48.6 Å². The largest absolute Gasteiger partial charge is 0.506 e. The van der Waals surface area contributed by atoms with E-state index in [2.05, 4.69) is 25.8 Å². The van der Waals surface area contributed by atoms with Gasteiger partial charge in [0.15, 0.2) is 5.69 Å². The molecule has 0 fully saturated rings. The van der Waals surface area contributed by atoms with E-state index in [1.165, 1.54) is 0 Å². The van der Waals surface area contributed by atoms with Crippen molar-refractivity contribution in [3.63, 3.8) is 0 Å². The van der Waals surface area contributed by atoms with Gasteiger partial charge in [-0.25, -0.2) is 4.84 Å². The van der Waals surface area contributed by atoms with E-state index < -0.39 is 0 Å². The predicted octanol–water partition coefficient (Wildman–Crippen LogP) is 3.86. The summed E-state index contributed by atoms with van der Waals surface area (Å²) in [4.78, 5) is 9.37. The van der Waals surface area contributed by atoms with Gasteiger partial charge < -0.3 is 5.11 Å². The zero-order valence-corrected chi connectivity index (χ0v) is 14.7. The summed E-state index contributed by atoms with van der Waals surface area (Å²) in [6.45, 7) is 6.41. The number of phenols is 1. The van der Waals surface area contributed by atoms with Gasteiger partial charge in [-0.1, -0.05) is 45.0 Å². The number of aliphatic imine (C=N–C) groups is 1. The number of rotatable bonds is 5. The van der Waals surface area contributed by atoms with Crippen LogP contribution in [-0.4, -0.2) is 18.4 Å². The van der Waals surface area contributed by atoms with Crippen LogP contribution in [0.5, 0.6) is 5.75 Å². The first-order valence-corrected chi connectivity index (χ1v) is 7.90. The lowest BCUT2D eigenvalue weighted by Crippen LogP contribution is -2.75. The first-order valence-electron chi connectivity index (χ1n) is 7.90. The molecule has 0 saturated carbocycles. The Bertz CT molecular complexity index is 744. The van der Waals surface area contributed by atoms with Gasteiger partial charge >= 0.3 is 0 Å². The number of phenolic OH excluding ortho intramolecular Hbond substituents is 1. The highest BCUT2D eigenvalue weighted by Gasteiger charge is 2.14. The molecule has 0 unspecified atom stereocenters. The van der Waals surface area contributed by atoms with Crippen molar-refractivity contribution in [1.82, 2.24) is 0 Å². The summed E-state index contributed by atoms with van der Waals surface area (Å²) >= 11 is 0. The van der Waals surface area contributed by atoms with Crippen LogP contribution in [0.1, 0.15) is 31.9 Å². The second kappa shape index (κ2) is 7.90. The van der Waals surface area contributed by atoms with E-state index in [4.69, 9.17) is 4.84 Å². The van der Waals surface area contributed by atoms with Crippen molar-refractivity contribution in [2.45, 2.75) is 26.2 Å². The molecule has 2 aromatic carbocycles. The summed E-state index contributed by atoms with van der Waals surface area (Å²) in [5.41, 5.74) is 5.49. The van der Waals surface area contributed by atoms with Gasteiger partial charge in [0, 0.05) is 18.3 Å². The van der Waals surface area contributed by atoms with E-state index in [9.17, 15) is 5.11 Å². The molecule has 2 rings (SSSR count). The minimum Gasteiger partial charge on any atom is -0.506 e. The second-order valence-electron chi connectivity index (χ2n) is 6.61. The number of nitrogens with two attached hydrogens (primary N) is 1. The number of aromatic hydroxyl groups is 1. The average Bonchev–Trinajstić information content (AvgIpc) is 2.53. The van der Waals surface area contributed by atoms with Crippen LogP contribution in [0, 0.1) is 0 Å². The molecular formula is C20H25N2O2+. The molecule has 0 amide bonds. The van der Waals surface area contributed by atoms with Crippen LogP contribution >= 0.6 is 0 Å². The molecule has 0 saturated heterocycles. The lowest BCUT2D eigenvalue weighted by molar-refractivity contribution is -0.830. The number of hydrogen-bond donors (Lipinski definition) is 2. The fraction of sp³-hybridized carbons (Fsp3) is 0.250. The predicted molar refractivity (Wildman–Crippen MR) is 99.0 cm³/mol. The number of allylic oxidation sites excluding steroid dienone is 1. The molecule has 0 aliphatic heterocycles. The molecule has 2 aromatic rings. The molecule has 0 radical (unpaired) electrons. The number of hydrogen-bond acceptors (Lipinski definition) is 3. The first kappa shape index (κ1) is 17.9. The maximum atomic E-state index is 9.96. The van der Waals surface area contributed by atoms with Crippen LogP contribution < -0.4 is 5.48 Å². The van der Waals surface area contributed by atoms with E-state index in [0.717, 1.165) is 16.8 Å². The summed E-state index contributed by atoms with van der Waals surface area (Å²) < 4.78 is 0. The highest BCUT2D eigenvalue weighted by Crippen LogP contribution is 2.32. The van der Waals surface area contributed by atoms with Crippen LogP contribution in [0.4, 0.5) is 11.4 Å². The van der Waals surface area contributed by atoms with E-state index in [0.29, 0.717) is 5.69 Å². The van der Waals surface area contributed by atoms with Crippen LogP contribution in [0.25, 0.3) is 6.08 Å². The Balaban J connectivity index is 2.12. The van der Waals surface area contributed by atoms with Gasteiger partial charge in [0.2, 0.25) is 0 Å². The maximum absolute atomic E-state index is 9.96. The third-order valence-corrected chi connectivity index (χ3v) is 3.59. The normalized spacial score (nSPS) is 12.3. The van der Waals surface area contributed by atoms with Gasteiger partial charge in [0.1, 0.15) is 11.4 Å². The smallest absolute Gasteiger partial charge is 0.162 e. The van der Waals surface area contributed by atoms with Crippen molar-refractivity contribution in [2.75, 3.05) is 7.11 Å². The molecule has 0 atom stereocenters. The van der Waals surface area contributed by atoms with Crippen molar-refractivity contribution >= 4 is 23.7 Å². The summed E-state index contributed by atoms with van der Waals surface area (Å²) in [5.74, 6) is 0.185. The summed E-state index contributed by atoms with van der Waals surface area (Å²) in [6.07, 6.45) is 5.50. The lowest BCUT2D eigenvalue weighted by atomic mass is 9.87. The Morgan fingerprint density at radius 1 is 1.12 bits per heavy atom. The molecule has 0 aliphatic rings. The zero-order chi connectivity index (χ0) is 17.6. The fourth-order valence-corrected chi connectivity index (χ4v) is 2.24. The van der Waals surface area contributed by atoms with Crippen LogP contribution in [0.2, 0.25) is 0 Å². The number of nitrogens with zero attached hydrogens (tertiary/aromatic N) is 1. The molecule has 0 aliphatic carbocycles. The molecule has 0 aromatic heterocycles. The Morgan fingerprint density at radius 3 is 2.62 bits per heavy atom. The summed E-state index contributed by atoms with van der Waals surface area (Å²) in [6, 6.07) is 13.5. The minimum atomic E-state index is 0.0199. The van der Waals surface area contributed by atoms with Gasteiger partial charge in [0.25, 0.3) is 0 Å². The molecule has 4 heteroatoms. The Hall–Kier alpha value is -2.43. The van der Waals surface area contributed by atoms with Crippen LogP contribution in [0.15, 0.2) is 53.5 Å². The van der Waals surface area contributed by atoms with Crippen LogP contribution in [-0.2, 0) is 10.3 Å². The molecule has 0 spiro atoms. The standard InChI is InChI=1S/C20H24N2O2/c1-20(2,3)16-10-11-19(23)18(14-16)21-12-6-8-15-7-5-9-17(13-15)22-24-4/h5-14,22-23H,1-4H3/p+1/b8-6+,21-12?. The van der Waals surface area contributed by atoms with E-state index in [1.54, 1.807) is 24.9 Å². The average molecular weight is 325 g/mol. The zero-order valence-electron chi connectivity index (χ0n) is 14.7. The van der Waals surface area contributed by atoms with Gasteiger partial charge in [-0.3, -0.25) is 4.99 Å². The minimum absolute atomic E-state index is 0.0199. The molecule has 0 bridgehead atoms. The van der Waals surface area contributed by atoms with Crippen molar-refractivity contribution in [1.29, 1.82) is 0 Å². The second-order valence-corrected chi connectivity index (χ2v) is 6.61.